The Morgan fingerprint density at radius 3 is 2.73 bits per heavy atom. The summed E-state index contributed by atoms with van der Waals surface area (Å²) in [5.74, 6) is 0.677. The van der Waals surface area contributed by atoms with Crippen LogP contribution in [0.4, 0.5) is 5.13 Å². The Balaban J connectivity index is 1.92. The number of hydrogen-bond donors (Lipinski definition) is 1. The maximum Gasteiger partial charge on any atom is 0.263 e. The fourth-order valence-corrected chi connectivity index (χ4v) is 4.74. The molecule has 0 aliphatic heterocycles. The minimum atomic E-state index is -3.85. The summed E-state index contributed by atoms with van der Waals surface area (Å²) in [6.45, 7) is 0. The summed E-state index contributed by atoms with van der Waals surface area (Å²) in [5.41, 5.74) is 0.251. The van der Waals surface area contributed by atoms with Gasteiger partial charge in [0.2, 0.25) is 5.13 Å². The molecule has 26 heavy (non-hydrogen) atoms. The van der Waals surface area contributed by atoms with Gasteiger partial charge in [0.25, 0.3) is 10.0 Å². The normalized spacial score (nSPS) is 10.9. The molecule has 1 aromatic heterocycles. The zero-order valence-corrected chi connectivity index (χ0v) is 15.9. The fraction of sp³-hybridized carbons (Fsp3) is 0.0625. The first kappa shape index (κ1) is 18.2. The van der Waals surface area contributed by atoms with E-state index in [1.807, 2.05) is 30.3 Å². The maximum absolute atomic E-state index is 12.4. The molecule has 0 aliphatic rings. The van der Waals surface area contributed by atoms with E-state index in [9.17, 15) is 13.7 Å². The summed E-state index contributed by atoms with van der Waals surface area (Å²) >= 11 is 2.26. The van der Waals surface area contributed by atoms with E-state index in [0.717, 1.165) is 16.4 Å². The van der Waals surface area contributed by atoms with E-state index in [-0.39, 0.29) is 15.6 Å². The van der Waals surface area contributed by atoms with E-state index in [1.165, 1.54) is 30.2 Å². The number of nitriles is 1. The van der Waals surface area contributed by atoms with E-state index in [0.29, 0.717) is 10.6 Å². The van der Waals surface area contributed by atoms with Crippen LogP contribution >= 0.6 is 23.3 Å². The fourth-order valence-electron chi connectivity index (χ4n) is 2.07. The minimum absolute atomic E-state index is 0.0198. The van der Waals surface area contributed by atoms with Crippen molar-refractivity contribution < 1.29 is 13.2 Å². The lowest BCUT2D eigenvalue weighted by Gasteiger charge is -2.10. The molecule has 7 nitrogen and oxygen atoms in total. The topological polar surface area (TPSA) is 105 Å². The van der Waals surface area contributed by atoms with Gasteiger partial charge in [-0.1, -0.05) is 23.9 Å². The van der Waals surface area contributed by atoms with E-state index in [2.05, 4.69) is 14.1 Å². The number of para-hydroxylation sites is 1. The largest absolute Gasteiger partial charge is 0.496 e. The van der Waals surface area contributed by atoms with Crippen LogP contribution < -0.4 is 9.46 Å². The monoisotopic (exact) mass is 404 g/mol. The zero-order valence-electron chi connectivity index (χ0n) is 13.4. The van der Waals surface area contributed by atoms with Gasteiger partial charge in [-0.05, 0) is 30.3 Å². The molecule has 0 aliphatic carbocycles. The molecule has 132 valence electrons. The summed E-state index contributed by atoms with van der Waals surface area (Å²) in [6, 6.07) is 13.8. The van der Waals surface area contributed by atoms with Crippen molar-refractivity contribution in [3.8, 4) is 11.8 Å². The maximum atomic E-state index is 12.4. The van der Waals surface area contributed by atoms with Crippen LogP contribution in [-0.2, 0) is 10.0 Å². The van der Waals surface area contributed by atoms with Crippen LogP contribution in [0.25, 0.3) is 0 Å². The lowest BCUT2D eigenvalue weighted by molar-refractivity contribution is 0.405. The van der Waals surface area contributed by atoms with Gasteiger partial charge in [0.15, 0.2) is 0 Å². The van der Waals surface area contributed by atoms with Crippen LogP contribution in [0.3, 0.4) is 0 Å². The molecule has 0 atom stereocenters. The van der Waals surface area contributed by atoms with Crippen molar-refractivity contribution in [2.24, 2.45) is 0 Å². The molecule has 3 aromatic rings. The molecule has 3 rings (SSSR count). The molecular formula is C16H12N4O3S3. The van der Waals surface area contributed by atoms with E-state index in [1.54, 1.807) is 13.2 Å². The number of benzene rings is 2. The van der Waals surface area contributed by atoms with Gasteiger partial charge in [-0.2, -0.15) is 9.64 Å². The van der Waals surface area contributed by atoms with Crippen LogP contribution in [0.15, 0.2) is 63.5 Å². The van der Waals surface area contributed by atoms with Crippen molar-refractivity contribution >= 4 is 38.4 Å². The molecule has 0 unspecified atom stereocenters. The SMILES string of the molecule is COc1ccccc1Sc1ccc(S(=O)(=O)Nc2ncns2)cc1C#N. The number of ether oxygens (including phenoxy) is 1. The molecule has 1 N–H and O–H groups in total. The Morgan fingerprint density at radius 1 is 1.23 bits per heavy atom. The van der Waals surface area contributed by atoms with Gasteiger partial charge in [-0.25, -0.2) is 13.4 Å². The van der Waals surface area contributed by atoms with Crippen molar-refractivity contribution in [1.82, 2.24) is 9.36 Å². The highest BCUT2D eigenvalue weighted by atomic mass is 32.2. The molecule has 0 spiro atoms. The smallest absolute Gasteiger partial charge is 0.263 e. The van der Waals surface area contributed by atoms with E-state index < -0.39 is 10.0 Å². The third-order valence-corrected chi connectivity index (χ3v) is 6.43. The molecule has 0 fully saturated rings. The number of aromatic nitrogens is 2. The van der Waals surface area contributed by atoms with E-state index >= 15 is 0 Å². The highest BCUT2D eigenvalue weighted by Gasteiger charge is 2.18. The molecule has 0 saturated heterocycles. The second-order valence-corrected chi connectivity index (χ2v) is 8.42. The average molecular weight is 404 g/mol. The Morgan fingerprint density at radius 2 is 2.04 bits per heavy atom. The number of nitrogens with one attached hydrogen (secondary N) is 1. The number of sulfonamides is 1. The molecule has 1 heterocycles. The van der Waals surface area contributed by atoms with Gasteiger partial charge in [0, 0.05) is 16.4 Å². The standard InChI is InChI=1S/C16H12N4O3S3/c1-23-13-4-2-3-5-15(13)24-14-7-6-12(8-11(14)9-17)26(21,22)20-16-18-10-19-25-16/h2-8,10H,1H3,(H,18,19,20). The zero-order chi connectivity index (χ0) is 18.6. The third kappa shape index (κ3) is 3.96. The average Bonchev–Trinajstić information content (AvgIpc) is 3.14. The Labute approximate surface area is 158 Å². The van der Waals surface area contributed by atoms with Crippen molar-refractivity contribution in [1.29, 1.82) is 5.26 Å². The lowest BCUT2D eigenvalue weighted by atomic mass is 10.2. The number of hydrogen-bond acceptors (Lipinski definition) is 8. The highest BCUT2D eigenvalue weighted by molar-refractivity contribution is 7.99. The molecule has 0 bridgehead atoms. The Hall–Kier alpha value is -2.61. The van der Waals surface area contributed by atoms with Gasteiger partial charge < -0.3 is 4.74 Å². The van der Waals surface area contributed by atoms with Gasteiger partial charge in [0.1, 0.15) is 18.1 Å². The lowest BCUT2D eigenvalue weighted by Crippen LogP contribution is -2.13. The number of methoxy groups -OCH3 is 1. The number of rotatable bonds is 6. The summed E-state index contributed by atoms with van der Waals surface area (Å²) < 4.78 is 36.2. The summed E-state index contributed by atoms with van der Waals surface area (Å²) in [7, 11) is -2.28. The van der Waals surface area contributed by atoms with Crippen LogP contribution in [0.1, 0.15) is 5.56 Å². The first-order valence-electron chi connectivity index (χ1n) is 7.18. The summed E-state index contributed by atoms with van der Waals surface area (Å²) in [6.07, 6.45) is 1.26. The first-order valence-corrected chi connectivity index (χ1v) is 10.3. The first-order chi connectivity index (χ1) is 12.5. The van der Waals surface area contributed by atoms with Gasteiger partial charge in [-0.3, -0.25) is 4.72 Å². The highest BCUT2D eigenvalue weighted by Crippen LogP contribution is 2.37. The minimum Gasteiger partial charge on any atom is -0.496 e. The van der Waals surface area contributed by atoms with Gasteiger partial charge in [-0.15, -0.1) is 0 Å². The predicted octanol–water partition coefficient (Wildman–Crippen LogP) is 3.37. The van der Waals surface area contributed by atoms with Crippen molar-refractivity contribution in [3.05, 3.63) is 54.4 Å². The third-order valence-electron chi connectivity index (χ3n) is 3.25. The Bertz CT molecular complexity index is 1060. The van der Waals surface area contributed by atoms with Gasteiger partial charge >= 0.3 is 0 Å². The summed E-state index contributed by atoms with van der Waals surface area (Å²) in [4.78, 5) is 5.24. The second kappa shape index (κ2) is 7.74. The molecule has 0 amide bonds. The number of nitrogens with zero attached hydrogens (tertiary/aromatic N) is 3. The van der Waals surface area contributed by atoms with Crippen molar-refractivity contribution in [2.45, 2.75) is 14.7 Å². The van der Waals surface area contributed by atoms with E-state index in [4.69, 9.17) is 4.74 Å². The van der Waals surface area contributed by atoms with Crippen LogP contribution in [0, 0.1) is 11.3 Å². The molecular weight excluding hydrogens is 392 g/mol. The Kier molecular flexibility index (Phi) is 5.41. The van der Waals surface area contributed by atoms with Crippen LogP contribution in [0.5, 0.6) is 5.75 Å². The predicted molar refractivity (Wildman–Crippen MR) is 99.0 cm³/mol. The molecule has 2 aromatic carbocycles. The molecule has 10 heteroatoms. The van der Waals surface area contributed by atoms with Crippen molar-refractivity contribution in [3.63, 3.8) is 0 Å². The van der Waals surface area contributed by atoms with Gasteiger partial charge in [0.05, 0.1) is 22.5 Å². The quantitative estimate of drug-likeness (QED) is 0.671. The summed E-state index contributed by atoms with van der Waals surface area (Å²) in [5, 5.41) is 9.60. The molecule has 0 saturated carbocycles. The van der Waals surface area contributed by atoms with Crippen LogP contribution in [0.2, 0.25) is 0 Å². The second-order valence-electron chi connectivity index (χ2n) is 4.87. The molecule has 0 radical (unpaired) electrons. The van der Waals surface area contributed by atoms with Crippen molar-refractivity contribution in [2.75, 3.05) is 11.8 Å². The van der Waals surface area contributed by atoms with Crippen LogP contribution in [-0.4, -0.2) is 24.9 Å². The number of anilines is 1.